The highest BCUT2D eigenvalue weighted by Crippen LogP contribution is 2.30. The van der Waals surface area contributed by atoms with Crippen LogP contribution in [0.25, 0.3) is 0 Å². The number of carbonyl (C=O) groups is 2. The number of amides is 2. The molecule has 1 aliphatic rings. The predicted octanol–water partition coefficient (Wildman–Crippen LogP) is 2.45. The molecular formula is C18H21N3O2. The number of nitrogens with zero attached hydrogens (tertiary/aromatic N) is 2. The van der Waals surface area contributed by atoms with Crippen LogP contribution in [-0.4, -0.2) is 46.7 Å². The van der Waals surface area contributed by atoms with Crippen molar-refractivity contribution in [3.63, 3.8) is 0 Å². The van der Waals surface area contributed by atoms with Gasteiger partial charge in [-0.3, -0.25) is 9.59 Å². The molecule has 1 N–H and O–H groups in total. The lowest BCUT2D eigenvalue weighted by Gasteiger charge is -2.26. The fraction of sp³-hybridized carbons (Fsp3) is 0.333. The molecule has 120 valence electrons. The lowest BCUT2D eigenvalue weighted by atomic mass is 10.1. The van der Waals surface area contributed by atoms with Crippen LogP contribution in [0.2, 0.25) is 0 Å². The minimum absolute atomic E-state index is 0.00567. The Labute approximate surface area is 135 Å². The Bertz CT molecular complexity index is 667. The monoisotopic (exact) mass is 311 g/mol. The standard InChI is InChI=1S/C18H21N3O2/c1-20(18(23)14-7-3-2-4-8-14)13-17(22)21-12-6-10-16(21)15-9-5-11-19-15/h2-5,7-9,11,16,19H,6,10,12-13H2,1H3/t16-/m1/s1. The molecule has 0 aliphatic carbocycles. The Morgan fingerprint density at radius 2 is 2.00 bits per heavy atom. The smallest absolute Gasteiger partial charge is 0.254 e. The molecule has 2 aromatic rings. The van der Waals surface area contributed by atoms with Crippen LogP contribution < -0.4 is 0 Å². The van der Waals surface area contributed by atoms with E-state index in [1.807, 2.05) is 41.4 Å². The summed E-state index contributed by atoms with van der Waals surface area (Å²) in [6.45, 7) is 0.848. The molecule has 1 saturated heterocycles. The zero-order valence-electron chi connectivity index (χ0n) is 13.2. The van der Waals surface area contributed by atoms with Crippen molar-refractivity contribution >= 4 is 11.8 Å². The molecule has 23 heavy (non-hydrogen) atoms. The first-order chi connectivity index (χ1) is 11.2. The van der Waals surface area contributed by atoms with Gasteiger partial charge in [0.15, 0.2) is 0 Å². The van der Waals surface area contributed by atoms with E-state index in [1.54, 1.807) is 19.2 Å². The van der Waals surface area contributed by atoms with Gasteiger partial charge in [-0.15, -0.1) is 0 Å². The van der Waals surface area contributed by atoms with Crippen LogP contribution in [0.15, 0.2) is 48.7 Å². The van der Waals surface area contributed by atoms with Crippen molar-refractivity contribution in [1.29, 1.82) is 0 Å². The zero-order valence-corrected chi connectivity index (χ0v) is 13.2. The van der Waals surface area contributed by atoms with E-state index in [0.29, 0.717) is 5.56 Å². The number of hydrogen-bond acceptors (Lipinski definition) is 2. The molecule has 5 heteroatoms. The van der Waals surface area contributed by atoms with Crippen LogP contribution in [0.3, 0.4) is 0 Å². The van der Waals surface area contributed by atoms with Crippen molar-refractivity contribution in [1.82, 2.24) is 14.8 Å². The largest absolute Gasteiger partial charge is 0.363 e. The van der Waals surface area contributed by atoms with Crippen molar-refractivity contribution in [3.05, 3.63) is 59.9 Å². The van der Waals surface area contributed by atoms with E-state index < -0.39 is 0 Å². The van der Waals surface area contributed by atoms with Crippen molar-refractivity contribution in [3.8, 4) is 0 Å². The number of nitrogens with one attached hydrogen (secondary N) is 1. The second-order valence-electron chi connectivity index (χ2n) is 5.90. The van der Waals surface area contributed by atoms with E-state index in [1.165, 1.54) is 4.90 Å². The van der Waals surface area contributed by atoms with Gasteiger partial charge < -0.3 is 14.8 Å². The Morgan fingerprint density at radius 3 is 2.70 bits per heavy atom. The molecule has 1 aromatic carbocycles. The molecule has 3 rings (SSSR count). The molecule has 1 atom stereocenters. The molecule has 0 bridgehead atoms. The third-order valence-corrected chi connectivity index (χ3v) is 4.29. The van der Waals surface area contributed by atoms with Crippen molar-refractivity contribution < 1.29 is 9.59 Å². The number of H-pyrrole nitrogens is 1. The number of aromatic nitrogens is 1. The number of rotatable bonds is 4. The van der Waals surface area contributed by atoms with E-state index in [2.05, 4.69) is 4.98 Å². The first-order valence-electron chi connectivity index (χ1n) is 7.90. The lowest BCUT2D eigenvalue weighted by Crippen LogP contribution is -2.40. The Hall–Kier alpha value is -2.56. The summed E-state index contributed by atoms with van der Waals surface area (Å²) in [6, 6.07) is 13.1. The van der Waals surface area contributed by atoms with E-state index >= 15 is 0 Å². The molecule has 0 spiro atoms. The molecule has 1 aromatic heterocycles. The number of likely N-dealkylation sites (N-methyl/N-ethyl adjacent to an activating group) is 1. The molecule has 1 aliphatic heterocycles. The van der Waals surface area contributed by atoms with Gasteiger partial charge in [0, 0.05) is 31.0 Å². The maximum absolute atomic E-state index is 12.6. The highest BCUT2D eigenvalue weighted by Gasteiger charge is 2.31. The number of benzene rings is 1. The normalized spacial score (nSPS) is 17.3. The van der Waals surface area contributed by atoms with Crippen LogP contribution in [-0.2, 0) is 4.79 Å². The van der Waals surface area contributed by atoms with Gasteiger partial charge in [0.2, 0.25) is 5.91 Å². The molecule has 5 nitrogen and oxygen atoms in total. The Balaban J connectivity index is 1.65. The van der Waals surface area contributed by atoms with Crippen LogP contribution in [0.5, 0.6) is 0 Å². The summed E-state index contributed by atoms with van der Waals surface area (Å²) in [4.78, 5) is 31.5. The van der Waals surface area contributed by atoms with Gasteiger partial charge in [-0.25, -0.2) is 0 Å². The minimum Gasteiger partial charge on any atom is -0.363 e. The van der Waals surface area contributed by atoms with E-state index in [4.69, 9.17) is 0 Å². The molecule has 1 fully saturated rings. The van der Waals surface area contributed by atoms with E-state index in [9.17, 15) is 9.59 Å². The van der Waals surface area contributed by atoms with Gasteiger partial charge in [0.25, 0.3) is 5.91 Å². The van der Waals surface area contributed by atoms with Crippen LogP contribution in [0.1, 0.15) is 34.9 Å². The van der Waals surface area contributed by atoms with Crippen molar-refractivity contribution in [2.24, 2.45) is 0 Å². The summed E-state index contributed by atoms with van der Waals surface area (Å²) in [5.41, 5.74) is 1.66. The zero-order chi connectivity index (χ0) is 16.2. The predicted molar refractivity (Wildman–Crippen MR) is 87.9 cm³/mol. The highest BCUT2D eigenvalue weighted by molar-refractivity contribution is 5.96. The van der Waals surface area contributed by atoms with Crippen LogP contribution >= 0.6 is 0 Å². The summed E-state index contributed by atoms with van der Waals surface area (Å²) in [7, 11) is 1.67. The maximum atomic E-state index is 12.6. The third kappa shape index (κ3) is 3.28. The van der Waals surface area contributed by atoms with Gasteiger partial charge in [0.1, 0.15) is 0 Å². The second kappa shape index (κ2) is 6.69. The number of aromatic amines is 1. The average Bonchev–Trinajstić information content (AvgIpc) is 3.25. The van der Waals surface area contributed by atoms with Crippen LogP contribution in [0.4, 0.5) is 0 Å². The molecule has 0 radical (unpaired) electrons. The number of likely N-dealkylation sites (tertiary alicyclic amines) is 1. The fourth-order valence-corrected chi connectivity index (χ4v) is 3.11. The van der Waals surface area contributed by atoms with Gasteiger partial charge in [-0.2, -0.15) is 0 Å². The maximum Gasteiger partial charge on any atom is 0.254 e. The first-order valence-corrected chi connectivity index (χ1v) is 7.90. The summed E-state index contributed by atoms with van der Waals surface area (Å²) in [6.07, 6.45) is 3.83. The minimum atomic E-state index is -0.130. The van der Waals surface area contributed by atoms with E-state index in [-0.39, 0.29) is 24.4 Å². The molecular weight excluding hydrogens is 290 g/mol. The van der Waals surface area contributed by atoms with Gasteiger partial charge in [-0.05, 0) is 37.1 Å². The first kappa shape index (κ1) is 15.3. The Kier molecular flexibility index (Phi) is 4.46. The quantitative estimate of drug-likeness (QED) is 0.943. The number of carbonyl (C=O) groups excluding carboxylic acids is 2. The lowest BCUT2D eigenvalue weighted by molar-refractivity contribution is -0.132. The van der Waals surface area contributed by atoms with Crippen molar-refractivity contribution in [2.45, 2.75) is 18.9 Å². The van der Waals surface area contributed by atoms with Gasteiger partial charge in [0.05, 0.1) is 12.6 Å². The summed E-state index contributed by atoms with van der Waals surface area (Å²) in [5.74, 6) is -0.136. The molecule has 0 unspecified atom stereocenters. The van der Waals surface area contributed by atoms with Gasteiger partial charge >= 0.3 is 0 Å². The SMILES string of the molecule is CN(CC(=O)N1CCC[C@@H]1c1ccc[nH]1)C(=O)c1ccccc1. The summed E-state index contributed by atoms with van der Waals surface area (Å²) in [5, 5.41) is 0. The van der Waals surface area contributed by atoms with Gasteiger partial charge in [-0.1, -0.05) is 18.2 Å². The van der Waals surface area contributed by atoms with E-state index in [0.717, 1.165) is 25.1 Å². The fourth-order valence-electron chi connectivity index (χ4n) is 3.11. The molecule has 2 heterocycles. The third-order valence-electron chi connectivity index (χ3n) is 4.29. The molecule has 0 saturated carbocycles. The second-order valence-corrected chi connectivity index (χ2v) is 5.90. The number of hydrogen-bond donors (Lipinski definition) is 1. The summed E-state index contributed by atoms with van der Waals surface area (Å²) < 4.78 is 0. The van der Waals surface area contributed by atoms with Crippen LogP contribution in [0, 0.1) is 0 Å². The Morgan fingerprint density at radius 1 is 1.22 bits per heavy atom. The van der Waals surface area contributed by atoms with Crippen molar-refractivity contribution in [2.75, 3.05) is 20.1 Å². The highest BCUT2D eigenvalue weighted by atomic mass is 16.2. The molecule has 2 amide bonds. The summed E-state index contributed by atoms with van der Waals surface area (Å²) >= 11 is 0. The average molecular weight is 311 g/mol. The topological polar surface area (TPSA) is 56.4 Å².